The summed E-state index contributed by atoms with van der Waals surface area (Å²) in [6.45, 7) is 8.20. The average Bonchev–Trinajstić information content (AvgIpc) is 3.56. The highest BCUT2D eigenvalue weighted by molar-refractivity contribution is 6.35. The zero-order chi connectivity index (χ0) is 29.1. The molecule has 10 heteroatoms. The highest BCUT2D eigenvalue weighted by Crippen LogP contribution is 2.39. The second kappa shape index (κ2) is 10.3. The van der Waals surface area contributed by atoms with E-state index in [9.17, 15) is 14.7 Å². The zero-order valence-corrected chi connectivity index (χ0v) is 25.1. The highest BCUT2D eigenvalue weighted by Gasteiger charge is 2.39. The van der Waals surface area contributed by atoms with Gasteiger partial charge in [0.2, 0.25) is 11.8 Å². The van der Waals surface area contributed by atoms with Gasteiger partial charge in [-0.05, 0) is 65.6 Å². The number of carbonyl (C=O) groups excluding carboxylic acids is 2. The Morgan fingerprint density at radius 1 is 1.12 bits per heavy atom. The van der Waals surface area contributed by atoms with E-state index >= 15 is 0 Å². The summed E-state index contributed by atoms with van der Waals surface area (Å²) >= 11 is 12.9. The van der Waals surface area contributed by atoms with E-state index in [4.69, 9.17) is 23.2 Å². The lowest BCUT2D eigenvalue weighted by Gasteiger charge is -2.39. The molecular weight excluding hydrogens is 561 g/mol. The first-order valence-corrected chi connectivity index (χ1v) is 14.9. The third kappa shape index (κ3) is 5.33. The number of aliphatic hydroxyl groups is 1. The van der Waals surface area contributed by atoms with E-state index in [1.54, 1.807) is 17.2 Å². The van der Waals surface area contributed by atoms with Gasteiger partial charge in [0.05, 0.1) is 22.1 Å². The molecule has 2 aliphatic rings. The summed E-state index contributed by atoms with van der Waals surface area (Å²) in [6.07, 6.45) is 4.97. The number of H-pyrrole nitrogens is 2. The minimum Gasteiger partial charge on any atom is -0.385 e. The second-order valence-corrected chi connectivity index (χ2v) is 13.6. The summed E-state index contributed by atoms with van der Waals surface area (Å²) in [6, 6.07) is 7.56. The Hall–Kier alpha value is -3.07. The first kappa shape index (κ1) is 28.1. The third-order valence-electron chi connectivity index (χ3n) is 8.50. The van der Waals surface area contributed by atoms with Crippen LogP contribution in [0.1, 0.15) is 56.7 Å². The molecule has 1 aromatic carbocycles. The van der Waals surface area contributed by atoms with Crippen LogP contribution >= 0.6 is 23.2 Å². The standard InChI is InChI=1S/C31H35Cl2N5O3/c1-30(2,3)17-38-16-22-18(13-24(32)27-20(22)4-8-34-27)12-19(29(38)40)14-26(39)37-10-6-31(41,7-11-37)23-15-25(33)36-28-21(23)5-9-35-28/h4-5,8-9,13,15,19,34,41H,6-7,10-12,14,16-17H2,1-3H3,(H,35,36)/t19-/m0/s1. The summed E-state index contributed by atoms with van der Waals surface area (Å²) < 4.78 is 0. The van der Waals surface area contributed by atoms with Crippen molar-refractivity contribution in [1.29, 1.82) is 0 Å². The molecule has 1 fully saturated rings. The Kier molecular flexibility index (Phi) is 7.07. The molecule has 1 saturated heterocycles. The van der Waals surface area contributed by atoms with Gasteiger partial charge in [0, 0.05) is 55.8 Å². The summed E-state index contributed by atoms with van der Waals surface area (Å²) in [5.74, 6) is -0.560. The fraction of sp³-hybridized carbons (Fsp3) is 0.452. The maximum absolute atomic E-state index is 13.9. The van der Waals surface area contributed by atoms with E-state index in [1.165, 1.54) is 0 Å². The molecule has 0 bridgehead atoms. The van der Waals surface area contributed by atoms with Gasteiger partial charge in [-0.2, -0.15) is 0 Å². The summed E-state index contributed by atoms with van der Waals surface area (Å²) in [5, 5.41) is 14.4. The number of rotatable bonds is 4. The van der Waals surface area contributed by atoms with Crippen molar-refractivity contribution in [2.24, 2.45) is 11.3 Å². The van der Waals surface area contributed by atoms with Crippen LogP contribution in [-0.4, -0.2) is 61.3 Å². The molecule has 0 radical (unpaired) electrons. The lowest BCUT2D eigenvalue weighted by atomic mass is 9.83. The number of pyridine rings is 1. The van der Waals surface area contributed by atoms with Crippen LogP contribution in [0.25, 0.3) is 21.9 Å². The van der Waals surface area contributed by atoms with Gasteiger partial charge in [-0.1, -0.05) is 44.0 Å². The second-order valence-electron chi connectivity index (χ2n) is 12.8. The van der Waals surface area contributed by atoms with Crippen molar-refractivity contribution in [3.63, 3.8) is 0 Å². The summed E-state index contributed by atoms with van der Waals surface area (Å²) in [4.78, 5) is 41.9. The lowest BCUT2D eigenvalue weighted by molar-refractivity contribution is -0.144. The molecule has 41 heavy (non-hydrogen) atoms. The van der Waals surface area contributed by atoms with Crippen molar-refractivity contribution in [2.45, 2.75) is 58.6 Å². The number of amides is 2. The van der Waals surface area contributed by atoms with Crippen LogP contribution in [0.15, 0.2) is 36.7 Å². The summed E-state index contributed by atoms with van der Waals surface area (Å²) in [5.41, 5.74) is 3.11. The quantitative estimate of drug-likeness (QED) is 0.259. The van der Waals surface area contributed by atoms with E-state index < -0.39 is 11.5 Å². The van der Waals surface area contributed by atoms with Gasteiger partial charge >= 0.3 is 0 Å². The van der Waals surface area contributed by atoms with Crippen molar-refractivity contribution < 1.29 is 14.7 Å². The number of benzene rings is 1. The van der Waals surface area contributed by atoms with E-state index in [0.717, 1.165) is 33.0 Å². The number of fused-ring (bicyclic) bond motifs is 4. The van der Waals surface area contributed by atoms with Gasteiger partial charge in [-0.15, -0.1) is 0 Å². The minimum absolute atomic E-state index is 0.000856. The van der Waals surface area contributed by atoms with E-state index in [2.05, 4.69) is 35.7 Å². The van der Waals surface area contributed by atoms with E-state index in [0.29, 0.717) is 61.3 Å². The molecule has 3 aromatic heterocycles. The molecule has 4 aromatic rings. The first-order chi connectivity index (χ1) is 19.4. The molecule has 0 spiro atoms. The molecule has 2 amide bonds. The Morgan fingerprint density at radius 3 is 2.56 bits per heavy atom. The van der Waals surface area contributed by atoms with Gasteiger partial charge < -0.3 is 24.9 Å². The number of nitrogens with one attached hydrogen (secondary N) is 2. The Labute approximate surface area is 249 Å². The minimum atomic E-state index is -1.12. The number of aromatic nitrogens is 3. The molecule has 8 nitrogen and oxygen atoms in total. The predicted octanol–water partition coefficient (Wildman–Crippen LogP) is 5.80. The number of nitrogens with zero attached hydrogens (tertiary/aromatic N) is 3. The maximum atomic E-state index is 13.9. The van der Waals surface area contributed by atoms with Crippen molar-refractivity contribution in [3.8, 4) is 0 Å². The molecule has 6 rings (SSSR count). The van der Waals surface area contributed by atoms with Gasteiger partial charge in [-0.3, -0.25) is 9.59 Å². The number of aromatic amines is 2. The fourth-order valence-corrected chi connectivity index (χ4v) is 7.03. The third-order valence-corrected chi connectivity index (χ3v) is 9.00. The number of hydrogen-bond donors (Lipinski definition) is 3. The van der Waals surface area contributed by atoms with Crippen molar-refractivity contribution in [1.82, 2.24) is 24.8 Å². The zero-order valence-electron chi connectivity index (χ0n) is 23.6. The van der Waals surface area contributed by atoms with Crippen LogP contribution in [0, 0.1) is 11.3 Å². The largest absolute Gasteiger partial charge is 0.385 e. The van der Waals surface area contributed by atoms with Crippen LogP contribution in [-0.2, 0) is 28.2 Å². The van der Waals surface area contributed by atoms with Crippen LogP contribution in [0.2, 0.25) is 10.2 Å². The molecule has 0 unspecified atom stereocenters. The van der Waals surface area contributed by atoms with Gasteiger partial charge in [-0.25, -0.2) is 4.98 Å². The SMILES string of the molecule is CC(C)(C)CN1Cc2c(cc(Cl)c3[nH]ccc23)C[C@@H](CC(=O)N2CCC(O)(c3cc(Cl)nc4[nH]ccc34)CC2)C1=O. The average molecular weight is 597 g/mol. The summed E-state index contributed by atoms with van der Waals surface area (Å²) in [7, 11) is 0. The molecule has 5 heterocycles. The van der Waals surface area contributed by atoms with Crippen LogP contribution < -0.4 is 0 Å². The Morgan fingerprint density at radius 2 is 1.83 bits per heavy atom. The highest BCUT2D eigenvalue weighted by atomic mass is 35.5. The van der Waals surface area contributed by atoms with E-state index in [1.807, 2.05) is 29.3 Å². The smallest absolute Gasteiger partial charge is 0.226 e. The molecule has 0 aliphatic carbocycles. The lowest BCUT2D eigenvalue weighted by Crippen LogP contribution is -2.47. The topological polar surface area (TPSA) is 105 Å². The monoisotopic (exact) mass is 595 g/mol. The molecule has 3 N–H and O–H groups in total. The number of halogens is 2. The molecule has 216 valence electrons. The van der Waals surface area contributed by atoms with Crippen LogP contribution in [0.5, 0.6) is 0 Å². The van der Waals surface area contributed by atoms with Gasteiger partial charge in [0.15, 0.2) is 0 Å². The molecule has 0 saturated carbocycles. The van der Waals surface area contributed by atoms with Crippen molar-refractivity contribution in [3.05, 3.63) is 63.5 Å². The van der Waals surface area contributed by atoms with Crippen LogP contribution in [0.4, 0.5) is 0 Å². The maximum Gasteiger partial charge on any atom is 0.226 e. The Bertz CT molecular complexity index is 1640. The number of carbonyl (C=O) groups is 2. The van der Waals surface area contributed by atoms with Crippen molar-refractivity contribution >= 4 is 57.0 Å². The predicted molar refractivity (Wildman–Crippen MR) is 161 cm³/mol. The number of piperidine rings is 1. The van der Waals surface area contributed by atoms with Gasteiger partial charge in [0.25, 0.3) is 0 Å². The van der Waals surface area contributed by atoms with E-state index in [-0.39, 0.29) is 23.7 Å². The molecule has 2 aliphatic heterocycles. The number of likely N-dealkylation sites (tertiary alicyclic amines) is 1. The van der Waals surface area contributed by atoms with Crippen LogP contribution in [0.3, 0.4) is 0 Å². The first-order valence-electron chi connectivity index (χ1n) is 14.1. The normalized spacial score (nSPS) is 19.6. The molecular formula is C31H35Cl2N5O3. The Balaban J connectivity index is 1.23. The number of hydrogen-bond acceptors (Lipinski definition) is 4. The fourth-order valence-electron chi connectivity index (χ4n) is 6.54. The van der Waals surface area contributed by atoms with Crippen molar-refractivity contribution in [2.75, 3.05) is 19.6 Å². The molecule has 1 atom stereocenters. The van der Waals surface area contributed by atoms with Gasteiger partial charge in [0.1, 0.15) is 10.8 Å².